The van der Waals surface area contributed by atoms with E-state index in [4.69, 9.17) is 9.15 Å². The summed E-state index contributed by atoms with van der Waals surface area (Å²) in [5.74, 6) is 0.321. The third-order valence-corrected chi connectivity index (χ3v) is 2.12. The molecule has 1 unspecified atom stereocenters. The maximum absolute atomic E-state index is 11.2. The molecule has 0 aliphatic carbocycles. The van der Waals surface area contributed by atoms with E-state index in [-0.39, 0.29) is 5.97 Å². The van der Waals surface area contributed by atoms with Gasteiger partial charge >= 0.3 is 5.97 Å². The van der Waals surface area contributed by atoms with Crippen LogP contribution in [0.5, 0.6) is 0 Å². The number of hydrogen-bond donors (Lipinski definition) is 1. The Morgan fingerprint density at radius 1 is 1.71 bits per heavy atom. The predicted octanol–water partition coefficient (Wildman–Crippen LogP) is 2.94. The van der Waals surface area contributed by atoms with Crippen molar-refractivity contribution in [2.24, 2.45) is 0 Å². The van der Waals surface area contributed by atoms with Crippen LogP contribution in [0.25, 0.3) is 0 Å². The Hall–Kier alpha value is -0.900. The number of thiol groups is 1. The standard InChI is InChI=1S/C10H14O3S/c1-2-3-6-9(11)13-10(14)8-5-4-7-12-8/h4-5,7,10,14H,2-3,6H2,1H3. The van der Waals surface area contributed by atoms with Crippen LogP contribution in [0.3, 0.4) is 0 Å². The summed E-state index contributed by atoms with van der Waals surface area (Å²) in [5.41, 5.74) is -0.589. The molecule has 0 aliphatic heterocycles. The van der Waals surface area contributed by atoms with Crippen LogP contribution in [-0.2, 0) is 9.53 Å². The first-order chi connectivity index (χ1) is 6.74. The first-order valence-corrected chi connectivity index (χ1v) is 5.16. The van der Waals surface area contributed by atoms with E-state index >= 15 is 0 Å². The van der Waals surface area contributed by atoms with E-state index in [1.165, 1.54) is 6.26 Å². The van der Waals surface area contributed by atoms with E-state index in [0.29, 0.717) is 12.2 Å². The van der Waals surface area contributed by atoms with E-state index in [2.05, 4.69) is 12.6 Å². The maximum atomic E-state index is 11.2. The van der Waals surface area contributed by atoms with Gasteiger partial charge in [0, 0.05) is 6.42 Å². The average molecular weight is 214 g/mol. The molecule has 3 nitrogen and oxygen atoms in total. The zero-order valence-corrected chi connectivity index (χ0v) is 9.00. The highest BCUT2D eigenvalue weighted by Crippen LogP contribution is 2.22. The van der Waals surface area contributed by atoms with Gasteiger partial charge in [-0.2, -0.15) is 0 Å². The molecule has 0 N–H and O–H groups in total. The smallest absolute Gasteiger partial charge is 0.307 e. The molecule has 0 fully saturated rings. The van der Waals surface area contributed by atoms with Crippen molar-refractivity contribution >= 4 is 18.6 Å². The number of furan rings is 1. The Labute approximate surface area is 88.8 Å². The van der Waals surface area contributed by atoms with Gasteiger partial charge in [0.05, 0.1) is 6.26 Å². The summed E-state index contributed by atoms with van der Waals surface area (Å²) in [6, 6.07) is 3.46. The van der Waals surface area contributed by atoms with Crippen LogP contribution >= 0.6 is 12.6 Å². The van der Waals surface area contributed by atoms with Gasteiger partial charge in [-0.15, -0.1) is 12.6 Å². The van der Waals surface area contributed by atoms with Crippen molar-refractivity contribution in [3.8, 4) is 0 Å². The zero-order chi connectivity index (χ0) is 10.4. The molecule has 0 radical (unpaired) electrons. The van der Waals surface area contributed by atoms with Crippen molar-refractivity contribution in [1.82, 2.24) is 0 Å². The van der Waals surface area contributed by atoms with Gasteiger partial charge in [0.25, 0.3) is 0 Å². The van der Waals surface area contributed by atoms with Crippen molar-refractivity contribution < 1.29 is 13.9 Å². The maximum Gasteiger partial charge on any atom is 0.307 e. The molecule has 1 atom stereocenters. The third-order valence-electron chi connectivity index (χ3n) is 1.76. The Morgan fingerprint density at radius 3 is 3.07 bits per heavy atom. The second-order valence-corrected chi connectivity index (χ2v) is 3.43. The third kappa shape index (κ3) is 3.46. The van der Waals surface area contributed by atoms with Gasteiger partial charge in [-0.25, -0.2) is 0 Å². The van der Waals surface area contributed by atoms with Crippen LogP contribution < -0.4 is 0 Å². The molecule has 0 bridgehead atoms. The molecule has 1 aromatic heterocycles. The summed E-state index contributed by atoms with van der Waals surface area (Å²) in [4.78, 5) is 11.2. The Kier molecular flexibility index (Phi) is 4.59. The fraction of sp³-hybridized carbons (Fsp3) is 0.500. The van der Waals surface area contributed by atoms with Gasteiger partial charge in [0.2, 0.25) is 5.44 Å². The van der Waals surface area contributed by atoms with Gasteiger partial charge < -0.3 is 9.15 Å². The fourth-order valence-corrected chi connectivity index (χ4v) is 1.26. The summed E-state index contributed by atoms with van der Waals surface area (Å²) in [6.07, 6.45) is 3.79. The van der Waals surface area contributed by atoms with E-state index in [1.807, 2.05) is 6.92 Å². The topological polar surface area (TPSA) is 39.4 Å². The van der Waals surface area contributed by atoms with Crippen LogP contribution in [0.4, 0.5) is 0 Å². The summed E-state index contributed by atoms with van der Waals surface area (Å²) >= 11 is 4.11. The average Bonchev–Trinajstić information content (AvgIpc) is 2.67. The Bertz CT molecular complexity index is 269. The van der Waals surface area contributed by atoms with Crippen LogP contribution in [0, 0.1) is 0 Å². The molecule has 0 aliphatic rings. The molecule has 4 heteroatoms. The number of hydrogen-bond acceptors (Lipinski definition) is 4. The van der Waals surface area contributed by atoms with E-state index < -0.39 is 5.44 Å². The minimum atomic E-state index is -0.589. The van der Waals surface area contributed by atoms with Crippen molar-refractivity contribution in [3.05, 3.63) is 24.2 Å². The summed E-state index contributed by atoms with van der Waals surface area (Å²) in [7, 11) is 0. The van der Waals surface area contributed by atoms with Crippen molar-refractivity contribution in [2.75, 3.05) is 0 Å². The summed E-state index contributed by atoms with van der Waals surface area (Å²) < 4.78 is 10.1. The van der Waals surface area contributed by atoms with Gasteiger partial charge in [-0.05, 0) is 18.6 Å². The summed E-state index contributed by atoms with van der Waals surface area (Å²) in [6.45, 7) is 2.03. The molecule has 0 spiro atoms. The molecule has 0 aromatic carbocycles. The molecule has 0 amide bonds. The first-order valence-electron chi connectivity index (χ1n) is 4.65. The number of carbonyl (C=O) groups is 1. The first kappa shape index (κ1) is 11.2. The monoisotopic (exact) mass is 214 g/mol. The highest BCUT2D eigenvalue weighted by Gasteiger charge is 2.13. The molecule has 0 saturated heterocycles. The van der Waals surface area contributed by atoms with Crippen molar-refractivity contribution in [3.63, 3.8) is 0 Å². The quantitative estimate of drug-likeness (QED) is 0.465. The Morgan fingerprint density at radius 2 is 2.50 bits per heavy atom. The lowest BCUT2D eigenvalue weighted by Gasteiger charge is -2.09. The van der Waals surface area contributed by atoms with Gasteiger partial charge in [-0.1, -0.05) is 13.3 Å². The normalized spacial score (nSPS) is 12.4. The molecule has 0 saturated carbocycles. The van der Waals surface area contributed by atoms with Crippen molar-refractivity contribution in [2.45, 2.75) is 31.6 Å². The molecular formula is C10H14O3S. The molecule has 1 aromatic rings. The lowest BCUT2D eigenvalue weighted by Crippen LogP contribution is -2.06. The van der Waals surface area contributed by atoms with Crippen LogP contribution in [0.1, 0.15) is 37.4 Å². The number of esters is 1. The van der Waals surface area contributed by atoms with Gasteiger partial charge in [0.1, 0.15) is 0 Å². The minimum Gasteiger partial charge on any atom is -0.464 e. The number of rotatable bonds is 5. The second kappa shape index (κ2) is 5.75. The van der Waals surface area contributed by atoms with Gasteiger partial charge in [0.15, 0.2) is 5.76 Å². The number of ether oxygens (including phenoxy) is 1. The molecular weight excluding hydrogens is 200 g/mol. The fourth-order valence-electron chi connectivity index (χ4n) is 0.994. The lowest BCUT2D eigenvalue weighted by molar-refractivity contribution is -0.146. The number of unbranched alkanes of at least 4 members (excludes halogenated alkanes) is 1. The summed E-state index contributed by atoms with van der Waals surface area (Å²) in [5, 5.41) is 0. The van der Waals surface area contributed by atoms with E-state index in [0.717, 1.165) is 12.8 Å². The minimum absolute atomic E-state index is 0.233. The second-order valence-electron chi connectivity index (χ2n) is 2.96. The van der Waals surface area contributed by atoms with Crippen LogP contribution in [0.2, 0.25) is 0 Å². The van der Waals surface area contributed by atoms with E-state index in [1.54, 1.807) is 12.1 Å². The molecule has 78 valence electrons. The van der Waals surface area contributed by atoms with Crippen LogP contribution in [0.15, 0.2) is 22.8 Å². The van der Waals surface area contributed by atoms with E-state index in [9.17, 15) is 4.79 Å². The SMILES string of the molecule is CCCCC(=O)OC(S)c1ccco1. The highest BCUT2D eigenvalue weighted by atomic mass is 32.1. The Balaban J connectivity index is 2.33. The largest absolute Gasteiger partial charge is 0.464 e. The molecule has 14 heavy (non-hydrogen) atoms. The zero-order valence-electron chi connectivity index (χ0n) is 8.10. The van der Waals surface area contributed by atoms with Gasteiger partial charge in [-0.3, -0.25) is 4.79 Å². The van der Waals surface area contributed by atoms with Crippen molar-refractivity contribution in [1.29, 1.82) is 0 Å². The predicted molar refractivity (Wildman–Crippen MR) is 56.1 cm³/mol. The number of carbonyl (C=O) groups excluding carboxylic acids is 1. The lowest BCUT2D eigenvalue weighted by atomic mass is 10.2. The van der Waals surface area contributed by atoms with Crippen LogP contribution in [-0.4, -0.2) is 5.97 Å². The molecule has 1 rings (SSSR count). The highest BCUT2D eigenvalue weighted by molar-refractivity contribution is 7.80. The molecule has 1 heterocycles.